The van der Waals surface area contributed by atoms with Crippen LogP contribution in [-0.4, -0.2) is 20.9 Å². The first-order valence-electron chi connectivity index (χ1n) is 9.12. The van der Waals surface area contributed by atoms with Crippen LogP contribution in [0.25, 0.3) is 0 Å². The van der Waals surface area contributed by atoms with Gasteiger partial charge in [-0.2, -0.15) is 0 Å². The first-order valence-corrected chi connectivity index (χ1v) is 11.3. The van der Waals surface area contributed by atoms with Gasteiger partial charge in [0.1, 0.15) is 6.54 Å². The van der Waals surface area contributed by atoms with E-state index in [-0.39, 0.29) is 22.2 Å². The average Bonchev–Trinajstić information content (AvgIpc) is 2.74. The molecular weight excluding hydrogens is 443 g/mol. The second-order valence-electron chi connectivity index (χ2n) is 6.68. The molecule has 0 spiro atoms. The molecule has 3 rings (SSSR count). The van der Waals surface area contributed by atoms with E-state index in [2.05, 4.69) is 5.32 Å². The summed E-state index contributed by atoms with van der Waals surface area (Å²) in [5, 5.41) is 3.23. The number of amides is 1. The summed E-state index contributed by atoms with van der Waals surface area (Å²) in [6.45, 7) is 1.81. The molecule has 0 heterocycles. The van der Waals surface area contributed by atoms with Crippen LogP contribution in [0, 0.1) is 6.92 Å². The Balaban J connectivity index is 1.89. The fraction of sp³-hybridized carbons (Fsp3) is 0.136. The first-order chi connectivity index (χ1) is 14.3. The molecule has 1 amide bonds. The monoisotopic (exact) mass is 462 g/mol. The third-order valence-corrected chi connectivity index (χ3v) is 6.73. The Kier molecular flexibility index (Phi) is 7.02. The van der Waals surface area contributed by atoms with Gasteiger partial charge in [-0.1, -0.05) is 71.2 Å². The molecule has 0 fully saturated rings. The molecule has 0 bridgehead atoms. The van der Waals surface area contributed by atoms with Crippen molar-refractivity contribution in [1.29, 1.82) is 0 Å². The van der Waals surface area contributed by atoms with Gasteiger partial charge in [0.2, 0.25) is 5.91 Å². The van der Waals surface area contributed by atoms with Gasteiger partial charge in [0.15, 0.2) is 0 Å². The van der Waals surface area contributed by atoms with E-state index in [0.717, 1.165) is 15.4 Å². The molecule has 0 radical (unpaired) electrons. The molecule has 0 aliphatic rings. The number of carbonyl (C=O) groups is 1. The highest BCUT2D eigenvalue weighted by atomic mass is 35.5. The molecule has 3 aromatic carbocycles. The second kappa shape index (κ2) is 9.51. The Morgan fingerprint density at radius 2 is 1.63 bits per heavy atom. The number of nitrogens with zero attached hydrogens (tertiary/aromatic N) is 1. The number of hydrogen-bond donors (Lipinski definition) is 1. The van der Waals surface area contributed by atoms with Crippen molar-refractivity contribution in [3.63, 3.8) is 0 Å². The number of rotatable bonds is 7. The van der Waals surface area contributed by atoms with Gasteiger partial charge in [0.25, 0.3) is 10.0 Å². The zero-order valence-corrected chi connectivity index (χ0v) is 18.5. The van der Waals surface area contributed by atoms with Gasteiger partial charge in [0, 0.05) is 11.6 Å². The van der Waals surface area contributed by atoms with Crippen LogP contribution in [0.4, 0.5) is 5.69 Å². The van der Waals surface area contributed by atoms with Crippen LogP contribution in [0.15, 0.2) is 77.7 Å². The molecule has 30 heavy (non-hydrogen) atoms. The van der Waals surface area contributed by atoms with E-state index in [0.29, 0.717) is 5.02 Å². The Hall–Kier alpha value is -2.54. The fourth-order valence-corrected chi connectivity index (χ4v) is 4.68. The zero-order valence-electron chi connectivity index (χ0n) is 16.2. The van der Waals surface area contributed by atoms with Crippen molar-refractivity contribution >= 4 is 44.8 Å². The van der Waals surface area contributed by atoms with Crippen molar-refractivity contribution in [2.75, 3.05) is 10.8 Å². The van der Waals surface area contributed by atoms with Gasteiger partial charge in [0.05, 0.1) is 15.6 Å². The van der Waals surface area contributed by atoms with Crippen molar-refractivity contribution in [2.45, 2.75) is 18.4 Å². The number of hydrogen-bond acceptors (Lipinski definition) is 3. The van der Waals surface area contributed by atoms with Crippen LogP contribution in [0.5, 0.6) is 0 Å². The minimum absolute atomic E-state index is 0.0485. The summed E-state index contributed by atoms with van der Waals surface area (Å²) in [4.78, 5) is 12.7. The van der Waals surface area contributed by atoms with Gasteiger partial charge < -0.3 is 5.32 Å². The summed E-state index contributed by atoms with van der Waals surface area (Å²) in [5.41, 5.74) is 2.16. The minimum atomic E-state index is -4.05. The maximum Gasteiger partial charge on any atom is 0.264 e. The molecular formula is C22H20Cl2N2O3S. The van der Waals surface area contributed by atoms with Gasteiger partial charge in [-0.05, 0) is 42.8 Å². The summed E-state index contributed by atoms with van der Waals surface area (Å²) in [6.07, 6.45) is 0. The van der Waals surface area contributed by atoms with Gasteiger partial charge in [-0.3, -0.25) is 9.10 Å². The minimum Gasteiger partial charge on any atom is -0.350 e. The van der Waals surface area contributed by atoms with Gasteiger partial charge >= 0.3 is 0 Å². The summed E-state index contributed by atoms with van der Waals surface area (Å²) in [5.74, 6) is -0.467. The largest absolute Gasteiger partial charge is 0.350 e. The van der Waals surface area contributed by atoms with Gasteiger partial charge in [-0.15, -0.1) is 0 Å². The lowest BCUT2D eigenvalue weighted by Gasteiger charge is -2.25. The van der Waals surface area contributed by atoms with Crippen LogP contribution in [-0.2, 0) is 21.4 Å². The molecule has 0 aromatic heterocycles. The number of sulfonamides is 1. The SMILES string of the molecule is Cc1ccc(CNC(=O)CN(c2cc(Cl)ccc2Cl)S(=O)(=O)c2ccccc2)cc1. The molecule has 0 saturated carbocycles. The molecule has 0 saturated heterocycles. The number of anilines is 1. The predicted octanol–water partition coefficient (Wildman–Crippen LogP) is 4.81. The van der Waals surface area contributed by atoms with E-state index in [1.807, 2.05) is 31.2 Å². The standard InChI is InChI=1S/C22H20Cl2N2O3S/c1-16-7-9-17(10-8-16)14-25-22(27)15-26(21-13-18(23)11-12-20(21)24)30(28,29)19-5-3-2-4-6-19/h2-13H,14-15H2,1H3,(H,25,27). The Labute approximate surface area is 186 Å². The van der Waals surface area contributed by atoms with E-state index in [1.54, 1.807) is 24.3 Å². The lowest BCUT2D eigenvalue weighted by atomic mass is 10.1. The lowest BCUT2D eigenvalue weighted by molar-refractivity contribution is -0.119. The van der Waals surface area contributed by atoms with E-state index >= 15 is 0 Å². The van der Waals surface area contributed by atoms with Crippen molar-refractivity contribution in [3.05, 3.63) is 94.0 Å². The topological polar surface area (TPSA) is 66.5 Å². The van der Waals surface area contributed by atoms with Crippen molar-refractivity contribution in [1.82, 2.24) is 5.32 Å². The van der Waals surface area contributed by atoms with Crippen LogP contribution >= 0.6 is 23.2 Å². The van der Waals surface area contributed by atoms with Crippen LogP contribution < -0.4 is 9.62 Å². The Morgan fingerprint density at radius 1 is 0.967 bits per heavy atom. The molecule has 0 aliphatic heterocycles. The Bertz CT molecular complexity index is 1130. The number of carbonyl (C=O) groups excluding carboxylic acids is 1. The highest BCUT2D eigenvalue weighted by molar-refractivity contribution is 7.92. The molecule has 0 atom stereocenters. The van der Waals surface area contributed by atoms with Crippen LogP contribution in [0.2, 0.25) is 10.0 Å². The van der Waals surface area contributed by atoms with Crippen LogP contribution in [0.1, 0.15) is 11.1 Å². The highest BCUT2D eigenvalue weighted by Gasteiger charge is 2.28. The maximum atomic E-state index is 13.3. The predicted molar refractivity (Wildman–Crippen MR) is 120 cm³/mol. The quantitative estimate of drug-likeness (QED) is 0.547. The number of benzene rings is 3. The molecule has 156 valence electrons. The zero-order chi connectivity index (χ0) is 21.7. The summed E-state index contributed by atoms with van der Waals surface area (Å²) in [6, 6.07) is 20.0. The van der Waals surface area contributed by atoms with E-state index in [9.17, 15) is 13.2 Å². The summed E-state index contributed by atoms with van der Waals surface area (Å²) >= 11 is 12.3. The average molecular weight is 463 g/mol. The maximum absolute atomic E-state index is 13.3. The number of halogens is 2. The van der Waals surface area contributed by atoms with E-state index < -0.39 is 22.5 Å². The Morgan fingerprint density at radius 3 is 2.30 bits per heavy atom. The molecule has 3 aromatic rings. The number of aryl methyl sites for hydroxylation is 1. The van der Waals surface area contributed by atoms with E-state index in [1.165, 1.54) is 24.3 Å². The lowest BCUT2D eigenvalue weighted by Crippen LogP contribution is -2.40. The third kappa shape index (κ3) is 5.33. The molecule has 1 N–H and O–H groups in total. The van der Waals surface area contributed by atoms with Crippen LogP contribution in [0.3, 0.4) is 0 Å². The molecule has 0 aliphatic carbocycles. The van der Waals surface area contributed by atoms with Crippen molar-refractivity contribution in [3.8, 4) is 0 Å². The second-order valence-corrected chi connectivity index (χ2v) is 9.39. The molecule has 0 unspecified atom stereocenters. The molecule has 8 heteroatoms. The summed E-state index contributed by atoms with van der Waals surface area (Å²) < 4.78 is 27.5. The van der Waals surface area contributed by atoms with Gasteiger partial charge in [-0.25, -0.2) is 8.42 Å². The smallest absolute Gasteiger partial charge is 0.264 e. The number of nitrogens with one attached hydrogen (secondary N) is 1. The van der Waals surface area contributed by atoms with Crippen molar-refractivity contribution < 1.29 is 13.2 Å². The highest BCUT2D eigenvalue weighted by Crippen LogP contribution is 2.32. The third-order valence-electron chi connectivity index (χ3n) is 4.41. The molecule has 5 nitrogen and oxygen atoms in total. The van der Waals surface area contributed by atoms with Crippen molar-refractivity contribution in [2.24, 2.45) is 0 Å². The summed E-state index contributed by atoms with van der Waals surface area (Å²) in [7, 11) is -4.05. The normalized spacial score (nSPS) is 11.2. The fourth-order valence-electron chi connectivity index (χ4n) is 2.79. The van der Waals surface area contributed by atoms with E-state index in [4.69, 9.17) is 23.2 Å². The first kappa shape index (κ1) is 22.2.